The lowest BCUT2D eigenvalue weighted by Crippen LogP contribution is -2.31. The van der Waals surface area contributed by atoms with Gasteiger partial charge in [0.05, 0.1) is 6.61 Å². The first-order chi connectivity index (χ1) is 9.24. The first-order valence-electron chi connectivity index (χ1n) is 7.11. The van der Waals surface area contributed by atoms with Crippen LogP contribution in [0.25, 0.3) is 0 Å². The van der Waals surface area contributed by atoms with Gasteiger partial charge in [-0.05, 0) is 30.8 Å². The van der Waals surface area contributed by atoms with Gasteiger partial charge in [-0.25, -0.2) is 0 Å². The van der Waals surface area contributed by atoms with Gasteiger partial charge in [0.1, 0.15) is 5.75 Å². The average molecular weight is 283 g/mol. The summed E-state index contributed by atoms with van der Waals surface area (Å²) in [5, 5.41) is 4.29. The van der Waals surface area contributed by atoms with Crippen LogP contribution in [0.4, 0.5) is 0 Å². The number of halogens is 1. The Kier molecular flexibility index (Phi) is 5.49. The van der Waals surface area contributed by atoms with E-state index in [2.05, 4.69) is 24.1 Å². The Balaban J connectivity index is 1.86. The van der Waals surface area contributed by atoms with Crippen LogP contribution >= 0.6 is 11.6 Å². The summed E-state index contributed by atoms with van der Waals surface area (Å²) in [6.45, 7) is 10.3. The van der Waals surface area contributed by atoms with Crippen molar-refractivity contribution in [1.82, 2.24) is 10.2 Å². The van der Waals surface area contributed by atoms with Crippen LogP contribution in [0.1, 0.15) is 25.0 Å². The Morgan fingerprint density at radius 1 is 1.32 bits per heavy atom. The maximum Gasteiger partial charge on any atom is 0.127 e. The number of hydrogen-bond acceptors (Lipinski definition) is 3. The molecule has 0 fully saturated rings. The van der Waals surface area contributed by atoms with E-state index in [9.17, 15) is 0 Å². The van der Waals surface area contributed by atoms with Crippen LogP contribution in [0.3, 0.4) is 0 Å². The number of nitrogens with zero attached hydrogens (tertiary/aromatic N) is 1. The highest BCUT2D eigenvalue weighted by atomic mass is 35.5. The van der Waals surface area contributed by atoms with E-state index in [1.807, 2.05) is 12.1 Å². The molecule has 1 heterocycles. The third-order valence-corrected chi connectivity index (χ3v) is 3.86. The third kappa shape index (κ3) is 3.85. The van der Waals surface area contributed by atoms with Crippen LogP contribution in [0.15, 0.2) is 12.1 Å². The van der Waals surface area contributed by atoms with Gasteiger partial charge in [-0.3, -0.25) is 0 Å². The summed E-state index contributed by atoms with van der Waals surface area (Å²) in [6, 6.07) is 4.03. The van der Waals surface area contributed by atoms with E-state index in [1.54, 1.807) is 0 Å². The lowest BCUT2D eigenvalue weighted by molar-refractivity contribution is 0.301. The van der Waals surface area contributed by atoms with Gasteiger partial charge < -0.3 is 15.0 Å². The molecule has 106 valence electrons. The molecule has 0 radical (unpaired) electrons. The molecule has 0 bridgehead atoms. The van der Waals surface area contributed by atoms with E-state index in [4.69, 9.17) is 16.3 Å². The molecule has 0 aliphatic carbocycles. The standard InChI is InChI=1S/C15H23ClN2O/c1-3-18(4-2)7-6-17-11-13-10-14(16)9-12-5-8-19-15(12)13/h9-10,17H,3-8,11H2,1-2H3. The van der Waals surface area contributed by atoms with E-state index in [0.717, 1.165) is 56.5 Å². The second-order valence-electron chi connectivity index (χ2n) is 4.86. The highest BCUT2D eigenvalue weighted by Gasteiger charge is 2.17. The van der Waals surface area contributed by atoms with Gasteiger partial charge in [-0.1, -0.05) is 25.4 Å². The second-order valence-corrected chi connectivity index (χ2v) is 5.29. The predicted octanol–water partition coefficient (Wildman–Crippen LogP) is 2.71. The summed E-state index contributed by atoms with van der Waals surface area (Å²) in [5.74, 6) is 1.04. The highest BCUT2D eigenvalue weighted by molar-refractivity contribution is 6.30. The molecule has 19 heavy (non-hydrogen) atoms. The molecule has 0 unspecified atom stereocenters. The summed E-state index contributed by atoms with van der Waals surface area (Å²) in [5.41, 5.74) is 2.42. The van der Waals surface area contributed by atoms with Gasteiger partial charge in [0, 0.05) is 36.6 Å². The molecule has 1 aliphatic heterocycles. The lowest BCUT2D eigenvalue weighted by Gasteiger charge is -2.18. The maximum atomic E-state index is 6.15. The number of benzene rings is 1. The fourth-order valence-electron chi connectivity index (χ4n) is 2.48. The van der Waals surface area contributed by atoms with Gasteiger partial charge in [-0.2, -0.15) is 0 Å². The minimum atomic E-state index is 0.780. The molecule has 0 atom stereocenters. The van der Waals surface area contributed by atoms with E-state index < -0.39 is 0 Å². The molecule has 0 saturated carbocycles. The van der Waals surface area contributed by atoms with Crippen molar-refractivity contribution in [3.63, 3.8) is 0 Å². The van der Waals surface area contributed by atoms with Gasteiger partial charge in [0.15, 0.2) is 0 Å². The Labute approximate surface area is 120 Å². The SMILES string of the molecule is CCN(CC)CCNCc1cc(Cl)cc2c1OCC2. The van der Waals surface area contributed by atoms with Gasteiger partial charge in [0.2, 0.25) is 0 Å². The summed E-state index contributed by atoms with van der Waals surface area (Å²) in [7, 11) is 0. The van der Waals surface area contributed by atoms with E-state index in [-0.39, 0.29) is 0 Å². The second kappa shape index (κ2) is 7.13. The quantitative estimate of drug-likeness (QED) is 0.778. The first-order valence-corrected chi connectivity index (χ1v) is 7.49. The Morgan fingerprint density at radius 2 is 2.11 bits per heavy atom. The minimum Gasteiger partial charge on any atom is -0.493 e. The number of likely N-dealkylation sites (N-methyl/N-ethyl adjacent to an activating group) is 1. The van der Waals surface area contributed by atoms with Crippen molar-refractivity contribution < 1.29 is 4.74 Å². The minimum absolute atomic E-state index is 0.780. The van der Waals surface area contributed by atoms with Crippen molar-refractivity contribution in [3.05, 3.63) is 28.3 Å². The zero-order valence-corrected chi connectivity index (χ0v) is 12.6. The average Bonchev–Trinajstić information content (AvgIpc) is 2.86. The van der Waals surface area contributed by atoms with E-state index in [0.29, 0.717) is 0 Å². The number of fused-ring (bicyclic) bond motifs is 1. The van der Waals surface area contributed by atoms with Crippen LogP contribution in [0, 0.1) is 0 Å². The fourth-order valence-corrected chi connectivity index (χ4v) is 2.74. The van der Waals surface area contributed by atoms with Crippen molar-refractivity contribution >= 4 is 11.6 Å². The highest BCUT2D eigenvalue weighted by Crippen LogP contribution is 2.32. The van der Waals surface area contributed by atoms with Crippen LogP contribution in [0.5, 0.6) is 5.75 Å². The first kappa shape index (κ1) is 14.6. The Morgan fingerprint density at radius 3 is 2.84 bits per heavy atom. The lowest BCUT2D eigenvalue weighted by atomic mass is 10.1. The summed E-state index contributed by atoms with van der Waals surface area (Å²) in [6.07, 6.45) is 0.975. The molecule has 1 N–H and O–H groups in total. The predicted molar refractivity (Wildman–Crippen MR) is 80.1 cm³/mol. The normalized spacial score (nSPS) is 13.7. The van der Waals surface area contributed by atoms with Crippen molar-refractivity contribution in [2.45, 2.75) is 26.8 Å². The molecule has 4 heteroatoms. The summed E-state index contributed by atoms with van der Waals surface area (Å²) >= 11 is 6.15. The smallest absolute Gasteiger partial charge is 0.127 e. The van der Waals surface area contributed by atoms with E-state index in [1.165, 1.54) is 11.1 Å². The summed E-state index contributed by atoms with van der Waals surface area (Å²) < 4.78 is 5.70. The molecule has 2 rings (SSSR count). The molecule has 0 spiro atoms. The maximum absolute atomic E-state index is 6.15. The van der Waals surface area contributed by atoms with Crippen LogP contribution in [-0.4, -0.2) is 37.7 Å². The van der Waals surface area contributed by atoms with E-state index >= 15 is 0 Å². The Hall–Kier alpha value is -0.770. The number of ether oxygens (including phenoxy) is 1. The molecule has 0 aromatic heterocycles. The van der Waals surface area contributed by atoms with Crippen LogP contribution in [0.2, 0.25) is 5.02 Å². The van der Waals surface area contributed by atoms with Gasteiger partial charge in [-0.15, -0.1) is 0 Å². The third-order valence-electron chi connectivity index (χ3n) is 3.64. The van der Waals surface area contributed by atoms with Crippen LogP contribution in [-0.2, 0) is 13.0 Å². The van der Waals surface area contributed by atoms with Crippen molar-refractivity contribution in [2.75, 3.05) is 32.8 Å². The molecule has 0 amide bonds. The zero-order valence-electron chi connectivity index (χ0n) is 11.8. The van der Waals surface area contributed by atoms with Crippen molar-refractivity contribution in [1.29, 1.82) is 0 Å². The fraction of sp³-hybridized carbons (Fsp3) is 0.600. The topological polar surface area (TPSA) is 24.5 Å². The zero-order chi connectivity index (χ0) is 13.7. The molecule has 1 aromatic carbocycles. The molecule has 3 nitrogen and oxygen atoms in total. The Bertz CT molecular complexity index is 419. The molecule has 0 saturated heterocycles. The monoisotopic (exact) mass is 282 g/mol. The summed E-state index contributed by atoms with van der Waals surface area (Å²) in [4.78, 5) is 2.41. The van der Waals surface area contributed by atoms with Gasteiger partial charge in [0.25, 0.3) is 0 Å². The molecular formula is C15H23ClN2O. The number of hydrogen-bond donors (Lipinski definition) is 1. The van der Waals surface area contributed by atoms with Crippen molar-refractivity contribution in [3.8, 4) is 5.75 Å². The van der Waals surface area contributed by atoms with Crippen LogP contribution < -0.4 is 10.1 Å². The largest absolute Gasteiger partial charge is 0.493 e. The molecule has 1 aromatic rings. The molecular weight excluding hydrogens is 260 g/mol. The van der Waals surface area contributed by atoms with Gasteiger partial charge >= 0.3 is 0 Å². The number of rotatable bonds is 7. The number of nitrogens with one attached hydrogen (secondary N) is 1. The molecule has 1 aliphatic rings. The van der Waals surface area contributed by atoms with Crippen molar-refractivity contribution in [2.24, 2.45) is 0 Å².